The lowest BCUT2D eigenvalue weighted by Gasteiger charge is -2.18. The molecule has 0 aliphatic rings. The lowest BCUT2D eigenvalue weighted by molar-refractivity contribution is -0.137. The number of benzene rings is 2. The normalized spacial score (nSPS) is 10.8. The Morgan fingerprint density at radius 3 is 2.52 bits per heavy atom. The maximum absolute atomic E-state index is 13.9. The third-order valence-electron chi connectivity index (χ3n) is 5.41. The second-order valence-corrected chi connectivity index (χ2v) is 8.23. The molecule has 1 amide bonds. The zero-order chi connectivity index (χ0) is 29.1. The maximum atomic E-state index is 13.9. The average molecular weight is 558 g/mol. The minimum atomic E-state index is -4.78. The van der Waals surface area contributed by atoms with Crippen molar-refractivity contribution < 1.29 is 32.2 Å². The number of rotatable bonds is 14. The standard InChI is InChI=1S/C28H30F3N5O4/c1-5-7-8-14-39-19-10-11-20(26(37)32-3)22(16-19)35-25-21(28(29,30)31)17-33-27(36-25)34-18-9-12-23(40-13-6-2)24(15-18)38-4/h5-6,9-12,15-17H,1-2,7-8,13-14H2,3-4H3,(H,32,37)(H2,33,34,35,36). The summed E-state index contributed by atoms with van der Waals surface area (Å²) in [6, 6.07) is 9.32. The second-order valence-electron chi connectivity index (χ2n) is 8.23. The molecular formula is C28H30F3N5O4. The number of aromatic nitrogens is 2. The summed E-state index contributed by atoms with van der Waals surface area (Å²) in [7, 11) is 2.87. The van der Waals surface area contributed by atoms with Crippen LogP contribution in [0.1, 0.15) is 28.8 Å². The highest BCUT2D eigenvalue weighted by atomic mass is 19.4. The Labute approximate surface area is 230 Å². The number of ether oxygens (including phenoxy) is 3. The highest BCUT2D eigenvalue weighted by molar-refractivity contribution is 6.00. The maximum Gasteiger partial charge on any atom is 0.421 e. The first-order valence-corrected chi connectivity index (χ1v) is 12.2. The Morgan fingerprint density at radius 2 is 1.85 bits per heavy atom. The van der Waals surface area contributed by atoms with Crippen molar-refractivity contribution in [1.29, 1.82) is 0 Å². The predicted octanol–water partition coefficient (Wildman–Crippen LogP) is 6.26. The fourth-order valence-electron chi connectivity index (χ4n) is 3.48. The molecule has 40 heavy (non-hydrogen) atoms. The summed E-state index contributed by atoms with van der Waals surface area (Å²) in [6.07, 6.45) is 0.659. The smallest absolute Gasteiger partial charge is 0.421 e. The molecule has 0 radical (unpaired) electrons. The second kappa shape index (κ2) is 13.9. The van der Waals surface area contributed by atoms with Crippen LogP contribution in [-0.2, 0) is 6.18 Å². The largest absolute Gasteiger partial charge is 0.494 e. The Kier molecular flexibility index (Phi) is 10.3. The quantitative estimate of drug-likeness (QED) is 0.158. The molecule has 3 rings (SSSR count). The molecule has 212 valence electrons. The van der Waals surface area contributed by atoms with Gasteiger partial charge in [-0.05, 0) is 37.1 Å². The minimum Gasteiger partial charge on any atom is -0.494 e. The number of hydrogen-bond acceptors (Lipinski definition) is 8. The zero-order valence-corrected chi connectivity index (χ0v) is 22.1. The van der Waals surface area contributed by atoms with E-state index in [-0.39, 0.29) is 23.8 Å². The van der Waals surface area contributed by atoms with Crippen LogP contribution >= 0.6 is 0 Å². The van der Waals surface area contributed by atoms with Crippen LogP contribution in [-0.4, -0.2) is 43.2 Å². The fraction of sp³-hybridized carbons (Fsp3) is 0.250. The van der Waals surface area contributed by atoms with E-state index in [4.69, 9.17) is 14.2 Å². The van der Waals surface area contributed by atoms with Crippen LogP contribution in [0.3, 0.4) is 0 Å². The first-order valence-electron chi connectivity index (χ1n) is 12.2. The van der Waals surface area contributed by atoms with Gasteiger partial charge < -0.3 is 30.2 Å². The molecule has 0 bridgehead atoms. The molecule has 0 aliphatic heterocycles. The van der Waals surface area contributed by atoms with Crippen molar-refractivity contribution in [3.05, 3.63) is 79.0 Å². The van der Waals surface area contributed by atoms with Crippen LogP contribution in [0.5, 0.6) is 17.2 Å². The van der Waals surface area contributed by atoms with Gasteiger partial charge in [0.15, 0.2) is 11.5 Å². The molecule has 0 aliphatic carbocycles. The lowest BCUT2D eigenvalue weighted by atomic mass is 10.1. The number of methoxy groups -OCH3 is 1. The number of nitrogens with zero attached hydrogens (tertiary/aromatic N) is 2. The Bertz CT molecular complexity index is 1350. The van der Waals surface area contributed by atoms with Crippen LogP contribution in [0.2, 0.25) is 0 Å². The van der Waals surface area contributed by atoms with E-state index in [2.05, 4.69) is 39.1 Å². The summed E-state index contributed by atoms with van der Waals surface area (Å²) in [5.41, 5.74) is -0.512. The Hall–Kier alpha value is -4.74. The van der Waals surface area contributed by atoms with Gasteiger partial charge in [0, 0.05) is 31.1 Å². The summed E-state index contributed by atoms with van der Waals surface area (Å²) < 4.78 is 58.3. The van der Waals surface area contributed by atoms with Crippen LogP contribution in [0, 0.1) is 0 Å². The van der Waals surface area contributed by atoms with Crippen LogP contribution in [0.15, 0.2) is 67.9 Å². The van der Waals surface area contributed by atoms with E-state index in [0.717, 1.165) is 6.42 Å². The number of anilines is 4. The molecule has 0 fully saturated rings. The third kappa shape index (κ3) is 7.88. The van der Waals surface area contributed by atoms with Crippen molar-refractivity contribution in [2.24, 2.45) is 0 Å². The first-order chi connectivity index (χ1) is 19.2. The molecule has 0 atom stereocenters. The first kappa shape index (κ1) is 29.8. The highest BCUT2D eigenvalue weighted by Crippen LogP contribution is 2.37. The molecule has 3 aromatic rings. The molecule has 9 nitrogen and oxygen atoms in total. The van der Waals surface area contributed by atoms with E-state index in [0.29, 0.717) is 42.2 Å². The Balaban J connectivity index is 1.97. The number of alkyl halides is 3. The molecule has 1 aromatic heterocycles. The molecule has 2 aromatic carbocycles. The number of halogens is 3. The topological polar surface area (TPSA) is 107 Å². The van der Waals surface area contributed by atoms with Gasteiger partial charge >= 0.3 is 6.18 Å². The highest BCUT2D eigenvalue weighted by Gasteiger charge is 2.35. The summed E-state index contributed by atoms with van der Waals surface area (Å²) in [6.45, 7) is 7.88. The van der Waals surface area contributed by atoms with E-state index >= 15 is 0 Å². The number of unbranched alkanes of at least 4 members (excludes halogenated alkanes) is 1. The molecule has 0 saturated heterocycles. The van der Waals surface area contributed by atoms with E-state index < -0.39 is 23.5 Å². The van der Waals surface area contributed by atoms with Crippen molar-refractivity contribution >= 4 is 29.0 Å². The third-order valence-corrected chi connectivity index (χ3v) is 5.41. The predicted molar refractivity (Wildman–Crippen MR) is 147 cm³/mol. The average Bonchev–Trinajstić information content (AvgIpc) is 2.93. The van der Waals surface area contributed by atoms with Gasteiger partial charge in [0.05, 0.1) is 25.0 Å². The van der Waals surface area contributed by atoms with Gasteiger partial charge in [-0.2, -0.15) is 18.2 Å². The van der Waals surface area contributed by atoms with Crippen molar-refractivity contribution in [3.8, 4) is 17.2 Å². The van der Waals surface area contributed by atoms with Gasteiger partial charge in [0.1, 0.15) is 23.7 Å². The summed E-state index contributed by atoms with van der Waals surface area (Å²) in [5.74, 6) is 0.0141. The molecule has 0 unspecified atom stereocenters. The van der Waals surface area contributed by atoms with E-state index in [1.165, 1.54) is 26.3 Å². The summed E-state index contributed by atoms with van der Waals surface area (Å²) in [4.78, 5) is 20.4. The lowest BCUT2D eigenvalue weighted by Crippen LogP contribution is -2.20. The van der Waals surface area contributed by atoms with Gasteiger partial charge in [-0.1, -0.05) is 18.7 Å². The SMILES string of the molecule is C=CCCCOc1ccc(C(=O)NC)c(Nc2nc(Nc3ccc(OCC=C)c(OC)c3)ncc2C(F)(F)F)c1. The number of carbonyl (C=O) groups is 1. The Morgan fingerprint density at radius 1 is 1.05 bits per heavy atom. The van der Waals surface area contributed by atoms with Crippen LogP contribution in [0.25, 0.3) is 0 Å². The van der Waals surface area contributed by atoms with Crippen molar-refractivity contribution in [2.75, 3.05) is 38.0 Å². The van der Waals surface area contributed by atoms with Crippen LogP contribution < -0.4 is 30.2 Å². The van der Waals surface area contributed by atoms with E-state index in [9.17, 15) is 18.0 Å². The molecule has 12 heteroatoms. The number of amides is 1. The van der Waals surface area contributed by atoms with Crippen LogP contribution in [0.4, 0.5) is 36.3 Å². The molecule has 0 saturated carbocycles. The minimum absolute atomic E-state index is 0.0705. The van der Waals surface area contributed by atoms with Gasteiger partial charge in [-0.3, -0.25) is 4.79 Å². The van der Waals surface area contributed by atoms with E-state index in [1.807, 2.05) is 0 Å². The fourth-order valence-corrected chi connectivity index (χ4v) is 3.48. The number of allylic oxidation sites excluding steroid dienone is 1. The van der Waals surface area contributed by atoms with E-state index in [1.54, 1.807) is 36.4 Å². The molecule has 1 heterocycles. The summed E-state index contributed by atoms with van der Waals surface area (Å²) >= 11 is 0. The van der Waals surface area contributed by atoms with Crippen molar-refractivity contribution in [3.63, 3.8) is 0 Å². The van der Waals surface area contributed by atoms with Gasteiger partial charge in [-0.25, -0.2) is 4.98 Å². The zero-order valence-electron chi connectivity index (χ0n) is 22.1. The number of hydrogen-bond donors (Lipinski definition) is 3. The number of nitrogens with one attached hydrogen (secondary N) is 3. The molecule has 3 N–H and O–H groups in total. The van der Waals surface area contributed by atoms with Gasteiger partial charge in [0.2, 0.25) is 5.95 Å². The monoisotopic (exact) mass is 557 g/mol. The van der Waals surface area contributed by atoms with Crippen molar-refractivity contribution in [2.45, 2.75) is 19.0 Å². The van der Waals surface area contributed by atoms with Crippen molar-refractivity contribution in [1.82, 2.24) is 15.3 Å². The summed E-state index contributed by atoms with van der Waals surface area (Å²) in [5, 5.41) is 8.01. The number of carbonyl (C=O) groups excluding carboxylic acids is 1. The molecule has 0 spiro atoms. The van der Waals surface area contributed by atoms with Gasteiger partial charge in [0.25, 0.3) is 5.91 Å². The molecular weight excluding hydrogens is 527 g/mol. The van der Waals surface area contributed by atoms with Gasteiger partial charge in [-0.15, -0.1) is 6.58 Å².